The molecule has 2 atom stereocenters. The molecule has 6 rings (SSSR count). The number of benzene rings is 2. The van der Waals surface area contributed by atoms with E-state index in [9.17, 15) is 14.0 Å². The molecule has 1 N–H and O–H groups in total. The van der Waals surface area contributed by atoms with Gasteiger partial charge in [0, 0.05) is 40.0 Å². The quantitative estimate of drug-likeness (QED) is 0.255. The zero-order valence-electron chi connectivity index (χ0n) is 24.1. The van der Waals surface area contributed by atoms with Gasteiger partial charge in [0.05, 0.1) is 42.2 Å². The third-order valence-corrected chi connectivity index (χ3v) is 7.89. The van der Waals surface area contributed by atoms with E-state index in [2.05, 4.69) is 25.6 Å². The van der Waals surface area contributed by atoms with E-state index in [-0.39, 0.29) is 17.4 Å². The number of aromatic nitrogens is 6. The first-order valence-electron chi connectivity index (χ1n) is 14.3. The Balaban J connectivity index is 1.42. The molecule has 4 heterocycles. The van der Waals surface area contributed by atoms with Crippen molar-refractivity contribution >= 4 is 23.2 Å². The first-order chi connectivity index (χ1) is 21.3. The van der Waals surface area contributed by atoms with Crippen molar-refractivity contribution in [2.75, 3.05) is 11.9 Å². The number of hydrogen-bond acceptors (Lipinski definition) is 7. The Bertz CT molecular complexity index is 1910. The minimum Gasteiger partial charge on any atom is -0.476 e. The van der Waals surface area contributed by atoms with Gasteiger partial charge in [-0.1, -0.05) is 35.3 Å². The lowest BCUT2D eigenvalue weighted by Crippen LogP contribution is -2.27. The average molecular weight is 614 g/mol. The second-order valence-electron chi connectivity index (χ2n) is 10.6. The standard InChI is InChI=1S/C32H29ClFN7O3/c1-3-44-30-17-41(39-38-30)28-10-7-21(33)14-24(28)26-16-31(42)40(18-36-26)29-6-4-5-19(2)32(43)37-25-9-8-22(34)15-23(25)20-11-12-35-27(29)13-20/h7-19,29H,3-6H2,1-2H3,(H,37,43). The molecule has 1 aliphatic heterocycles. The molecule has 0 aliphatic carbocycles. The topological polar surface area (TPSA) is 117 Å². The maximum absolute atomic E-state index is 14.4. The Morgan fingerprint density at radius 3 is 2.73 bits per heavy atom. The van der Waals surface area contributed by atoms with Gasteiger partial charge in [-0.15, -0.1) is 0 Å². The first kappa shape index (κ1) is 29.2. The Morgan fingerprint density at radius 2 is 1.91 bits per heavy atom. The van der Waals surface area contributed by atoms with Crippen LogP contribution in [0.5, 0.6) is 5.88 Å². The predicted molar refractivity (Wildman–Crippen MR) is 164 cm³/mol. The molecule has 2 aromatic carbocycles. The van der Waals surface area contributed by atoms with Gasteiger partial charge >= 0.3 is 0 Å². The molecule has 0 fully saturated rings. The fourth-order valence-corrected chi connectivity index (χ4v) is 5.55. The lowest BCUT2D eigenvalue weighted by atomic mass is 9.95. The summed E-state index contributed by atoms with van der Waals surface area (Å²) in [6, 6.07) is 14.0. The molecular weight excluding hydrogens is 585 g/mol. The van der Waals surface area contributed by atoms with Crippen LogP contribution in [0.25, 0.3) is 28.1 Å². The normalized spacial score (nSPS) is 16.8. The lowest BCUT2D eigenvalue weighted by molar-refractivity contribution is -0.119. The van der Waals surface area contributed by atoms with Gasteiger partial charge in [0.25, 0.3) is 11.4 Å². The highest BCUT2D eigenvalue weighted by Crippen LogP contribution is 2.34. The number of hydrogen-bond donors (Lipinski definition) is 1. The van der Waals surface area contributed by atoms with Gasteiger partial charge in [0.1, 0.15) is 5.82 Å². The lowest BCUT2D eigenvalue weighted by Gasteiger charge is -2.23. The number of nitrogens with one attached hydrogen (secondary N) is 1. The van der Waals surface area contributed by atoms with Gasteiger partial charge in [-0.25, -0.2) is 14.1 Å². The molecule has 2 unspecified atom stereocenters. The zero-order chi connectivity index (χ0) is 30.8. The molecule has 10 nitrogen and oxygen atoms in total. The molecule has 224 valence electrons. The summed E-state index contributed by atoms with van der Waals surface area (Å²) in [7, 11) is 0. The predicted octanol–water partition coefficient (Wildman–Crippen LogP) is 6.09. The number of carbonyl (C=O) groups excluding carboxylic acids is 1. The summed E-state index contributed by atoms with van der Waals surface area (Å²) in [6.45, 7) is 4.16. The van der Waals surface area contributed by atoms with E-state index >= 15 is 0 Å². The SMILES string of the molecule is CCOc1cn(-c2ccc(Cl)cc2-c2cc(=O)n(C3CCCC(C)C(=O)Nc4ccc(F)cc4-c4ccnc3c4)cn2)nn1. The number of fused-ring (bicyclic) bond motifs is 4. The number of amides is 1. The third kappa shape index (κ3) is 5.96. The van der Waals surface area contributed by atoms with Gasteiger partial charge < -0.3 is 10.1 Å². The number of halogens is 2. The summed E-state index contributed by atoms with van der Waals surface area (Å²) >= 11 is 6.35. The minimum absolute atomic E-state index is 0.148. The second-order valence-corrected chi connectivity index (χ2v) is 11.0. The molecular formula is C32H29ClFN7O3. The summed E-state index contributed by atoms with van der Waals surface area (Å²) in [4.78, 5) is 36.0. The zero-order valence-corrected chi connectivity index (χ0v) is 24.8. The summed E-state index contributed by atoms with van der Waals surface area (Å²) in [6.07, 6.45) is 6.56. The molecule has 0 spiro atoms. The second kappa shape index (κ2) is 12.4. The molecule has 5 aromatic rings. The number of carbonyl (C=O) groups is 1. The number of pyridine rings is 1. The van der Waals surface area contributed by atoms with Gasteiger partial charge in [-0.3, -0.25) is 19.1 Å². The average Bonchev–Trinajstić information content (AvgIpc) is 3.48. The highest BCUT2D eigenvalue weighted by atomic mass is 35.5. The maximum Gasteiger partial charge on any atom is 0.254 e. The van der Waals surface area contributed by atoms with Crippen molar-refractivity contribution in [1.82, 2.24) is 29.5 Å². The number of ether oxygens (including phenoxy) is 1. The number of anilines is 1. The van der Waals surface area contributed by atoms with Crippen molar-refractivity contribution in [2.45, 2.75) is 39.2 Å². The molecule has 0 saturated carbocycles. The molecule has 44 heavy (non-hydrogen) atoms. The van der Waals surface area contributed by atoms with E-state index in [4.69, 9.17) is 16.3 Å². The van der Waals surface area contributed by atoms with E-state index in [0.717, 1.165) is 0 Å². The maximum atomic E-state index is 14.4. The van der Waals surface area contributed by atoms with E-state index in [1.165, 1.54) is 24.5 Å². The molecule has 12 heteroatoms. The molecule has 0 saturated heterocycles. The van der Waals surface area contributed by atoms with Crippen LogP contribution in [0.3, 0.4) is 0 Å². The van der Waals surface area contributed by atoms with Gasteiger partial charge in [-0.2, -0.15) is 0 Å². The van der Waals surface area contributed by atoms with Crippen LogP contribution in [-0.4, -0.2) is 42.0 Å². The van der Waals surface area contributed by atoms with E-state index in [0.29, 0.717) is 76.2 Å². The highest BCUT2D eigenvalue weighted by Gasteiger charge is 2.23. The largest absolute Gasteiger partial charge is 0.476 e. The van der Waals surface area contributed by atoms with Crippen LogP contribution in [0.2, 0.25) is 5.02 Å². The fourth-order valence-electron chi connectivity index (χ4n) is 5.38. The van der Waals surface area contributed by atoms with Crippen LogP contribution in [0.15, 0.2) is 78.1 Å². The Kier molecular flexibility index (Phi) is 8.21. The molecule has 2 bridgehead atoms. The minimum atomic E-state index is -0.474. The summed E-state index contributed by atoms with van der Waals surface area (Å²) in [5, 5.41) is 11.6. The van der Waals surface area contributed by atoms with Crippen molar-refractivity contribution in [2.24, 2.45) is 5.92 Å². The van der Waals surface area contributed by atoms with E-state index in [1.807, 2.05) is 19.9 Å². The van der Waals surface area contributed by atoms with Crippen molar-refractivity contribution in [3.63, 3.8) is 0 Å². The van der Waals surface area contributed by atoms with Gasteiger partial charge in [-0.05, 0) is 73.9 Å². The monoisotopic (exact) mass is 613 g/mol. The Labute approximate surface area is 257 Å². The van der Waals surface area contributed by atoms with Crippen LogP contribution in [0, 0.1) is 11.7 Å². The van der Waals surface area contributed by atoms with Crippen molar-refractivity contribution in [1.29, 1.82) is 0 Å². The third-order valence-electron chi connectivity index (χ3n) is 7.65. The van der Waals surface area contributed by atoms with E-state index in [1.54, 1.807) is 52.0 Å². The summed E-state index contributed by atoms with van der Waals surface area (Å²) < 4.78 is 22.9. The van der Waals surface area contributed by atoms with Crippen LogP contribution in [0.1, 0.15) is 44.8 Å². The smallest absolute Gasteiger partial charge is 0.254 e. The molecule has 0 radical (unpaired) electrons. The van der Waals surface area contributed by atoms with E-state index < -0.39 is 11.9 Å². The molecule has 3 aromatic heterocycles. The van der Waals surface area contributed by atoms with Gasteiger partial charge in [0.2, 0.25) is 5.91 Å². The van der Waals surface area contributed by atoms with Crippen LogP contribution in [0.4, 0.5) is 10.1 Å². The van der Waals surface area contributed by atoms with Crippen LogP contribution in [-0.2, 0) is 4.79 Å². The fraction of sp³-hybridized carbons (Fsp3) is 0.250. The Hall–Kier alpha value is -4.90. The Morgan fingerprint density at radius 1 is 1.05 bits per heavy atom. The number of rotatable bonds is 5. The first-order valence-corrected chi connectivity index (χ1v) is 14.7. The van der Waals surface area contributed by atoms with Crippen molar-refractivity contribution < 1.29 is 13.9 Å². The van der Waals surface area contributed by atoms with Crippen molar-refractivity contribution in [3.05, 3.63) is 100 Å². The van der Waals surface area contributed by atoms with Crippen LogP contribution >= 0.6 is 11.6 Å². The van der Waals surface area contributed by atoms with Crippen LogP contribution < -0.4 is 15.6 Å². The molecule has 1 aliphatic rings. The summed E-state index contributed by atoms with van der Waals surface area (Å²) in [5.74, 6) is -0.501. The van der Waals surface area contributed by atoms with Crippen molar-refractivity contribution in [3.8, 4) is 34.0 Å². The highest BCUT2D eigenvalue weighted by molar-refractivity contribution is 6.31. The number of nitrogens with zero attached hydrogens (tertiary/aromatic N) is 6. The van der Waals surface area contributed by atoms with Gasteiger partial charge in [0.15, 0.2) is 0 Å². The summed E-state index contributed by atoms with van der Waals surface area (Å²) in [5.41, 5.74) is 3.66. The molecule has 1 amide bonds.